The molecule has 0 aromatic rings. The Morgan fingerprint density at radius 1 is 1.25 bits per heavy atom. The van der Waals surface area contributed by atoms with Gasteiger partial charge >= 0.3 is 0 Å². The van der Waals surface area contributed by atoms with E-state index in [0.717, 1.165) is 19.5 Å². The van der Waals surface area contributed by atoms with Gasteiger partial charge in [-0.1, -0.05) is 6.42 Å². The van der Waals surface area contributed by atoms with E-state index in [0.29, 0.717) is 17.9 Å². The molecule has 3 nitrogen and oxygen atoms in total. The lowest BCUT2D eigenvalue weighted by atomic mass is 9.82. The van der Waals surface area contributed by atoms with Crippen LogP contribution in [0.25, 0.3) is 0 Å². The first-order valence-corrected chi connectivity index (χ1v) is 6.75. The van der Waals surface area contributed by atoms with E-state index < -0.39 is 0 Å². The minimum Gasteiger partial charge on any atom is -0.338 e. The Kier molecular flexibility index (Phi) is 4.22. The lowest BCUT2D eigenvalue weighted by molar-refractivity contribution is -0.136. The Bertz CT molecular complexity index is 236. The second-order valence-corrected chi connectivity index (χ2v) is 5.30. The van der Waals surface area contributed by atoms with E-state index >= 15 is 0 Å². The molecule has 0 spiro atoms. The summed E-state index contributed by atoms with van der Waals surface area (Å²) in [5.74, 6) is 1.11. The maximum absolute atomic E-state index is 12.2. The van der Waals surface area contributed by atoms with Crippen molar-refractivity contribution in [1.29, 1.82) is 0 Å². The van der Waals surface area contributed by atoms with Crippen LogP contribution in [0.3, 0.4) is 0 Å². The molecule has 92 valence electrons. The van der Waals surface area contributed by atoms with Gasteiger partial charge in [-0.25, -0.2) is 0 Å². The standard InChI is InChI=1S/C13H24N2O/c1-14-10-12-7-2-3-8-15(12)13(16)9-11-5-4-6-11/h11-12,14H,2-10H2,1H3. The molecule has 1 aliphatic heterocycles. The highest BCUT2D eigenvalue weighted by atomic mass is 16.2. The van der Waals surface area contributed by atoms with Crippen molar-refractivity contribution in [1.82, 2.24) is 10.2 Å². The summed E-state index contributed by atoms with van der Waals surface area (Å²) in [6.07, 6.45) is 8.33. The third-order valence-electron chi connectivity index (χ3n) is 4.08. The fraction of sp³-hybridized carbons (Fsp3) is 0.923. The molecule has 1 heterocycles. The summed E-state index contributed by atoms with van der Waals surface area (Å²) in [5.41, 5.74) is 0. The number of hydrogen-bond donors (Lipinski definition) is 1. The number of piperidine rings is 1. The zero-order valence-electron chi connectivity index (χ0n) is 10.4. The number of hydrogen-bond acceptors (Lipinski definition) is 2. The molecule has 1 aliphatic carbocycles. The van der Waals surface area contributed by atoms with Crippen LogP contribution in [0.15, 0.2) is 0 Å². The molecule has 1 atom stereocenters. The van der Waals surface area contributed by atoms with E-state index in [1.165, 1.54) is 38.5 Å². The number of nitrogens with one attached hydrogen (secondary N) is 1. The Labute approximate surface area is 98.6 Å². The van der Waals surface area contributed by atoms with Crippen LogP contribution >= 0.6 is 0 Å². The molecule has 2 rings (SSSR count). The van der Waals surface area contributed by atoms with E-state index in [-0.39, 0.29) is 0 Å². The number of nitrogens with zero attached hydrogens (tertiary/aromatic N) is 1. The fourth-order valence-electron chi connectivity index (χ4n) is 2.84. The van der Waals surface area contributed by atoms with Crippen molar-refractivity contribution < 1.29 is 4.79 Å². The molecule has 1 N–H and O–H groups in total. The van der Waals surface area contributed by atoms with Crippen LogP contribution in [0, 0.1) is 5.92 Å². The molecule has 0 radical (unpaired) electrons. The second kappa shape index (κ2) is 5.67. The van der Waals surface area contributed by atoms with Crippen LogP contribution in [0.5, 0.6) is 0 Å². The number of carbonyl (C=O) groups excluding carboxylic acids is 1. The first kappa shape index (κ1) is 11.9. The van der Waals surface area contributed by atoms with Crippen molar-refractivity contribution in [2.75, 3.05) is 20.1 Å². The number of likely N-dealkylation sites (N-methyl/N-ethyl adjacent to an activating group) is 1. The SMILES string of the molecule is CNCC1CCCCN1C(=O)CC1CCC1. The first-order valence-electron chi connectivity index (χ1n) is 6.75. The molecule has 1 unspecified atom stereocenters. The number of likely N-dealkylation sites (tertiary alicyclic amines) is 1. The van der Waals surface area contributed by atoms with Gasteiger partial charge in [0.05, 0.1) is 0 Å². The topological polar surface area (TPSA) is 32.3 Å². The minimum absolute atomic E-state index is 0.407. The maximum atomic E-state index is 12.2. The third kappa shape index (κ3) is 2.76. The quantitative estimate of drug-likeness (QED) is 0.789. The van der Waals surface area contributed by atoms with Crippen molar-refractivity contribution in [3.05, 3.63) is 0 Å². The van der Waals surface area contributed by atoms with Gasteiger partial charge in [0.25, 0.3) is 0 Å². The van der Waals surface area contributed by atoms with Crippen LogP contribution in [0.2, 0.25) is 0 Å². The monoisotopic (exact) mass is 224 g/mol. The third-order valence-corrected chi connectivity index (χ3v) is 4.08. The van der Waals surface area contributed by atoms with Crippen LogP contribution in [-0.2, 0) is 4.79 Å². The summed E-state index contributed by atoms with van der Waals surface area (Å²) in [4.78, 5) is 14.3. The Balaban J connectivity index is 1.85. The molecule has 1 saturated carbocycles. The maximum Gasteiger partial charge on any atom is 0.223 e. The molecule has 1 saturated heterocycles. The average molecular weight is 224 g/mol. The molecule has 3 heteroatoms. The van der Waals surface area contributed by atoms with Crippen molar-refractivity contribution in [3.63, 3.8) is 0 Å². The zero-order chi connectivity index (χ0) is 11.4. The van der Waals surface area contributed by atoms with Crippen LogP contribution in [-0.4, -0.2) is 37.0 Å². The number of amides is 1. The summed E-state index contributed by atoms with van der Waals surface area (Å²) < 4.78 is 0. The van der Waals surface area contributed by atoms with Crippen LogP contribution < -0.4 is 5.32 Å². The Morgan fingerprint density at radius 3 is 2.69 bits per heavy atom. The van der Waals surface area contributed by atoms with Crippen molar-refractivity contribution in [3.8, 4) is 0 Å². The number of carbonyl (C=O) groups is 1. The van der Waals surface area contributed by atoms with Gasteiger partial charge in [0.2, 0.25) is 5.91 Å². The molecular formula is C13H24N2O. The van der Waals surface area contributed by atoms with Gasteiger partial charge in [-0.05, 0) is 45.1 Å². The highest BCUT2D eigenvalue weighted by molar-refractivity contribution is 5.77. The van der Waals surface area contributed by atoms with Crippen molar-refractivity contribution >= 4 is 5.91 Å². The van der Waals surface area contributed by atoms with Gasteiger partial charge in [0, 0.05) is 25.6 Å². The first-order chi connectivity index (χ1) is 7.81. The molecule has 2 aliphatic rings. The molecule has 16 heavy (non-hydrogen) atoms. The van der Waals surface area contributed by atoms with Crippen molar-refractivity contribution in [2.24, 2.45) is 5.92 Å². The van der Waals surface area contributed by atoms with Crippen LogP contribution in [0.1, 0.15) is 44.9 Å². The summed E-state index contributed by atoms with van der Waals surface area (Å²) in [6, 6.07) is 0.450. The van der Waals surface area contributed by atoms with Gasteiger partial charge in [0.15, 0.2) is 0 Å². The van der Waals surface area contributed by atoms with E-state index in [9.17, 15) is 4.79 Å². The Hall–Kier alpha value is -0.570. The fourth-order valence-corrected chi connectivity index (χ4v) is 2.84. The molecule has 1 amide bonds. The van der Waals surface area contributed by atoms with Gasteiger partial charge in [-0.3, -0.25) is 4.79 Å². The highest BCUT2D eigenvalue weighted by Gasteiger charge is 2.29. The van der Waals surface area contributed by atoms with E-state index in [1.807, 2.05) is 7.05 Å². The lowest BCUT2D eigenvalue weighted by Crippen LogP contribution is -2.48. The predicted molar refractivity (Wildman–Crippen MR) is 65.2 cm³/mol. The van der Waals surface area contributed by atoms with E-state index in [1.54, 1.807) is 0 Å². The highest BCUT2D eigenvalue weighted by Crippen LogP contribution is 2.30. The van der Waals surface area contributed by atoms with Gasteiger partial charge < -0.3 is 10.2 Å². The minimum atomic E-state index is 0.407. The Morgan fingerprint density at radius 2 is 2.06 bits per heavy atom. The molecule has 0 bridgehead atoms. The van der Waals surface area contributed by atoms with E-state index in [2.05, 4.69) is 10.2 Å². The predicted octanol–water partition coefficient (Wildman–Crippen LogP) is 1.78. The van der Waals surface area contributed by atoms with Gasteiger partial charge in [-0.15, -0.1) is 0 Å². The summed E-state index contributed by atoms with van der Waals surface area (Å²) in [5, 5.41) is 3.21. The summed E-state index contributed by atoms with van der Waals surface area (Å²) in [6.45, 7) is 1.94. The van der Waals surface area contributed by atoms with Crippen molar-refractivity contribution in [2.45, 2.75) is 51.0 Å². The lowest BCUT2D eigenvalue weighted by Gasteiger charge is -2.37. The average Bonchev–Trinajstić information content (AvgIpc) is 2.24. The molecular weight excluding hydrogens is 200 g/mol. The summed E-state index contributed by atoms with van der Waals surface area (Å²) >= 11 is 0. The van der Waals surface area contributed by atoms with Crippen LogP contribution in [0.4, 0.5) is 0 Å². The van der Waals surface area contributed by atoms with E-state index in [4.69, 9.17) is 0 Å². The van der Waals surface area contributed by atoms with Gasteiger partial charge in [0.1, 0.15) is 0 Å². The largest absolute Gasteiger partial charge is 0.338 e. The normalized spacial score (nSPS) is 26.6. The molecule has 0 aromatic carbocycles. The molecule has 2 fully saturated rings. The van der Waals surface area contributed by atoms with Gasteiger partial charge in [-0.2, -0.15) is 0 Å². The number of rotatable bonds is 4. The zero-order valence-corrected chi connectivity index (χ0v) is 10.4. The molecule has 0 aromatic heterocycles. The second-order valence-electron chi connectivity index (χ2n) is 5.30. The summed E-state index contributed by atoms with van der Waals surface area (Å²) in [7, 11) is 1.98. The smallest absolute Gasteiger partial charge is 0.223 e.